The second-order valence-corrected chi connectivity index (χ2v) is 22.1. The van der Waals surface area contributed by atoms with E-state index in [1.165, 1.54) is 62.5 Å². The highest BCUT2D eigenvalue weighted by atomic mass is 16.5. The number of benzene rings is 4. The molecule has 0 aliphatic carbocycles. The predicted octanol–water partition coefficient (Wildman–Crippen LogP) is 10.0. The molecule has 6 heterocycles. The number of ether oxygens (including phenoxy) is 2. The fraction of sp³-hybridized carbons (Fsp3) is 0.500. The highest BCUT2D eigenvalue weighted by Crippen LogP contribution is 2.34. The molecular weight excluding hydrogens is 969 g/mol. The van der Waals surface area contributed by atoms with E-state index in [9.17, 15) is 0 Å². The molecule has 412 valence electrons. The van der Waals surface area contributed by atoms with Crippen LogP contribution < -0.4 is 29.9 Å². The first-order valence-electron chi connectivity index (χ1n) is 28.8. The first-order valence-corrected chi connectivity index (χ1v) is 28.8. The van der Waals surface area contributed by atoms with E-state index in [0.29, 0.717) is 12.1 Å². The van der Waals surface area contributed by atoms with Crippen molar-refractivity contribution in [2.75, 3.05) is 128 Å². The maximum Gasteiger partial charge on any atom is 0.227 e. The van der Waals surface area contributed by atoms with Crippen LogP contribution in [0.4, 0.5) is 23.5 Å². The lowest BCUT2D eigenvalue weighted by atomic mass is 10.0. The Kier molecular flexibility index (Phi) is 20.3. The minimum Gasteiger partial charge on any atom is -0.495 e. The van der Waals surface area contributed by atoms with Crippen molar-refractivity contribution in [1.29, 1.82) is 0 Å². The zero-order valence-corrected chi connectivity index (χ0v) is 47.5. The second-order valence-electron chi connectivity index (χ2n) is 22.1. The average molecular weight is 1050 g/mol. The summed E-state index contributed by atoms with van der Waals surface area (Å²) in [5.41, 5.74) is 6.32. The van der Waals surface area contributed by atoms with Crippen molar-refractivity contribution in [3.8, 4) is 35.2 Å². The summed E-state index contributed by atoms with van der Waals surface area (Å²) in [7, 11) is 11.7. The molecule has 0 spiro atoms. The number of piperidine rings is 4. The fourth-order valence-electron chi connectivity index (χ4n) is 11.1. The zero-order valence-electron chi connectivity index (χ0n) is 47.5. The summed E-state index contributed by atoms with van der Waals surface area (Å²) in [6.45, 7) is 12.1. The van der Waals surface area contributed by atoms with Crippen LogP contribution in [0.15, 0.2) is 84.9 Å². The molecule has 14 nitrogen and oxygen atoms in total. The van der Waals surface area contributed by atoms with E-state index in [1.54, 1.807) is 14.2 Å². The third-order valence-electron chi connectivity index (χ3n) is 15.3. The first-order chi connectivity index (χ1) is 38.2. The Hall–Kier alpha value is -6.68. The van der Waals surface area contributed by atoms with E-state index >= 15 is 0 Å². The van der Waals surface area contributed by atoms with Gasteiger partial charge in [-0.3, -0.25) is 9.80 Å². The molecule has 4 fully saturated rings. The minimum absolute atomic E-state index is 0.325. The quantitative estimate of drug-likeness (QED) is 0.0897. The maximum atomic E-state index is 5.79. The predicted molar refractivity (Wildman–Crippen MR) is 321 cm³/mol. The van der Waals surface area contributed by atoms with Crippen LogP contribution in [0.25, 0.3) is 21.8 Å². The van der Waals surface area contributed by atoms with E-state index in [1.807, 2.05) is 0 Å². The SMILES string of the molecule is COc1cc2c(N[C@@H]3CCCN(Cc4ccccc4)C3)nc(N3CCCCC3)nc2cc1C#CCCN(C)C.COc1cc2c(N[C@@H]3CCCN(Cc4ccccc4)C3)nc(N3CCCCC3)nc2cc1C#CCCN(C)C. The third-order valence-corrected chi connectivity index (χ3v) is 15.3. The molecule has 0 amide bonds. The molecular formula is C64H84N12O2. The van der Waals surface area contributed by atoms with Crippen molar-refractivity contribution < 1.29 is 9.47 Å². The second kappa shape index (κ2) is 28.3. The minimum atomic E-state index is 0.325. The van der Waals surface area contributed by atoms with Crippen molar-refractivity contribution in [1.82, 2.24) is 39.5 Å². The molecule has 4 saturated heterocycles. The van der Waals surface area contributed by atoms with Crippen molar-refractivity contribution >= 4 is 45.3 Å². The molecule has 0 bridgehead atoms. The van der Waals surface area contributed by atoms with Gasteiger partial charge in [0, 0.05) is 101 Å². The highest BCUT2D eigenvalue weighted by molar-refractivity contribution is 5.94. The Balaban J connectivity index is 0.000000190. The molecule has 4 aliphatic rings. The van der Waals surface area contributed by atoms with E-state index in [2.05, 4.69) is 177 Å². The average Bonchev–Trinajstić information content (AvgIpc) is 3.62. The number of nitrogens with one attached hydrogen (secondary N) is 2. The van der Waals surface area contributed by atoms with Gasteiger partial charge in [-0.25, -0.2) is 9.97 Å². The number of fused-ring (bicyclic) bond motifs is 2. The number of nitrogens with zero attached hydrogens (tertiary/aromatic N) is 10. The number of hydrogen-bond acceptors (Lipinski definition) is 14. The number of methoxy groups -OCH3 is 2. The Morgan fingerprint density at radius 2 is 0.923 bits per heavy atom. The summed E-state index contributed by atoms with van der Waals surface area (Å²) < 4.78 is 11.6. The molecule has 6 aromatic rings. The summed E-state index contributed by atoms with van der Waals surface area (Å²) in [4.78, 5) is 34.4. The lowest BCUT2D eigenvalue weighted by molar-refractivity contribution is 0.208. The number of hydrogen-bond donors (Lipinski definition) is 2. The number of aromatic nitrogens is 4. The molecule has 78 heavy (non-hydrogen) atoms. The lowest BCUT2D eigenvalue weighted by Gasteiger charge is -2.34. The van der Waals surface area contributed by atoms with E-state index in [-0.39, 0.29) is 0 Å². The van der Waals surface area contributed by atoms with Gasteiger partial charge in [0.05, 0.1) is 36.4 Å². The van der Waals surface area contributed by atoms with E-state index in [0.717, 1.165) is 172 Å². The van der Waals surface area contributed by atoms with Crippen LogP contribution in [0.1, 0.15) is 99.3 Å². The van der Waals surface area contributed by atoms with Gasteiger partial charge in [0.25, 0.3) is 0 Å². The maximum absolute atomic E-state index is 5.79. The van der Waals surface area contributed by atoms with E-state index < -0.39 is 0 Å². The van der Waals surface area contributed by atoms with Gasteiger partial charge in [-0.1, -0.05) is 84.3 Å². The van der Waals surface area contributed by atoms with Crippen LogP contribution in [0.3, 0.4) is 0 Å². The van der Waals surface area contributed by atoms with Gasteiger partial charge in [0.2, 0.25) is 11.9 Å². The standard InChI is InChI=1S/2C32H42N6O/c2*1-36(2)17-11-8-15-26-21-29-28(22-30(26)39-3)31(35-32(34-29)38-19-9-5-10-20-38)33-27-16-12-18-37(24-27)23-25-13-6-4-7-14-25/h2*4,6-7,13-14,21-22,27H,5,9-12,16-20,23-24H2,1-3H3,(H,33,34,35)/t2*27-/m11/s1. The summed E-state index contributed by atoms with van der Waals surface area (Å²) in [5, 5.41) is 9.66. The van der Waals surface area contributed by atoms with Gasteiger partial charge in [-0.2, -0.15) is 9.97 Å². The molecule has 0 radical (unpaired) electrons. The molecule has 4 aliphatic heterocycles. The smallest absolute Gasteiger partial charge is 0.227 e. The first kappa shape index (κ1) is 56.1. The van der Waals surface area contributed by atoms with Crippen LogP contribution in [0.5, 0.6) is 11.5 Å². The Morgan fingerprint density at radius 1 is 0.513 bits per heavy atom. The Morgan fingerprint density at radius 3 is 1.31 bits per heavy atom. The summed E-state index contributed by atoms with van der Waals surface area (Å²) in [6, 6.07) is 30.5. The fourth-order valence-corrected chi connectivity index (χ4v) is 11.1. The Bertz CT molecular complexity index is 2790. The van der Waals surface area contributed by atoms with Gasteiger partial charge in [0.15, 0.2) is 0 Å². The monoisotopic (exact) mass is 1050 g/mol. The topological polar surface area (TPSA) is 114 Å². The van der Waals surface area contributed by atoms with Crippen molar-refractivity contribution in [3.63, 3.8) is 0 Å². The normalized spacial score (nSPS) is 18.2. The van der Waals surface area contributed by atoms with Crippen molar-refractivity contribution in [2.45, 2.75) is 102 Å². The van der Waals surface area contributed by atoms with E-state index in [4.69, 9.17) is 29.4 Å². The largest absolute Gasteiger partial charge is 0.495 e. The zero-order chi connectivity index (χ0) is 54.1. The lowest BCUT2D eigenvalue weighted by Crippen LogP contribution is -2.42. The van der Waals surface area contributed by atoms with Gasteiger partial charge in [-0.15, -0.1) is 0 Å². The molecule has 14 heteroatoms. The molecule has 2 N–H and O–H groups in total. The summed E-state index contributed by atoms with van der Waals surface area (Å²) in [5.74, 6) is 18.3. The van der Waals surface area contributed by atoms with Crippen molar-refractivity contribution in [3.05, 3.63) is 107 Å². The number of likely N-dealkylation sites (tertiary alicyclic amines) is 2. The Labute approximate surface area is 465 Å². The number of anilines is 4. The van der Waals surface area contributed by atoms with Crippen molar-refractivity contribution in [2.24, 2.45) is 0 Å². The van der Waals surface area contributed by atoms with Crippen LogP contribution in [-0.2, 0) is 13.1 Å². The van der Waals surface area contributed by atoms with Gasteiger partial charge < -0.3 is 39.7 Å². The molecule has 2 atom stereocenters. The molecule has 10 rings (SSSR count). The third kappa shape index (κ3) is 15.8. The van der Waals surface area contributed by atoms with Gasteiger partial charge in [0.1, 0.15) is 23.1 Å². The van der Waals surface area contributed by atoms with Crippen LogP contribution in [-0.4, -0.2) is 159 Å². The van der Waals surface area contributed by atoms with Crippen LogP contribution in [0.2, 0.25) is 0 Å². The number of rotatable bonds is 16. The summed E-state index contributed by atoms with van der Waals surface area (Å²) in [6.07, 6.45) is 13.5. The van der Waals surface area contributed by atoms with Gasteiger partial charge >= 0.3 is 0 Å². The van der Waals surface area contributed by atoms with Crippen LogP contribution in [0, 0.1) is 23.7 Å². The van der Waals surface area contributed by atoms with Crippen LogP contribution >= 0.6 is 0 Å². The highest BCUT2D eigenvalue weighted by Gasteiger charge is 2.26. The molecule has 2 aromatic heterocycles. The molecule has 0 unspecified atom stereocenters. The molecule has 4 aromatic carbocycles. The van der Waals surface area contributed by atoms with Gasteiger partial charge in [-0.05, 0) is 141 Å². The summed E-state index contributed by atoms with van der Waals surface area (Å²) >= 11 is 0. The molecule has 0 saturated carbocycles.